The number of rotatable bonds is 5. The summed E-state index contributed by atoms with van der Waals surface area (Å²) in [6.45, 7) is 3.95. The molecule has 0 saturated heterocycles. The molecule has 94 valence electrons. The van der Waals surface area contributed by atoms with E-state index in [1.807, 2.05) is 32.0 Å². The van der Waals surface area contributed by atoms with Crippen LogP contribution in [0.3, 0.4) is 0 Å². The Balaban J connectivity index is 2.65. The molecule has 4 nitrogen and oxygen atoms in total. The topological polar surface area (TPSA) is 80.4 Å². The Labute approximate surface area is 103 Å². The highest BCUT2D eigenvalue weighted by molar-refractivity contribution is 7.84. The number of aliphatic carboxylic acids is 1. The van der Waals surface area contributed by atoms with Gasteiger partial charge < -0.3 is 10.8 Å². The van der Waals surface area contributed by atoms with E-state index in [2.05, 4.69) is 0 Å². The van der Waals surface area contributed by atoms with E-state index < -0.39 is 22.8 Å². The van der Waals surface area contributed by atoms with Crippen molar-refractivity contribution in [2.75, 3.05) is 5.75 Å². The molecule has 0 saturated carbocycles. The van der Waals surface area contributed by atoms with Crippen LogP contribution in [0.4, 0.5) is 0 Å². The molecule has 0 radical (unpaired) electrons. The number of hydrogen-bond acceptors (Lipinski definition) is 3. The molecule has 0 aliphatic heterocycles. The lowest BCUT2D eigenvalue weighted by Crippen LogP contribution is -2.35. The Bertz CT molecular complexity index is 425. The van der Waals surface area contributed by atoms with Gasteiger partial charge in [0, 0.05) is 22.3 Å². The lowest BCUT2D eigenvalue weighted by molar-refractivity contribution is -0.137. The maximum atomic E-state index is 11.7. The minimum absolute atomic E-state index is 0.0116. The third kappa shape index (κ3) is 4.66. The number of benzene rings is 1. The van der Waals surface area contributed by atoms with E-state index in [0.29, 0.717) is 5.75 Å². The molecule has 1 rings (SSSR count). The first-order chi connectivity index (χ1) is 7.88. The van der Waals surface area contributed by atoms with Gasteiger partial charge in [0.05, 0.1) is 0 Å². The van der Waals surface area contributed by atoms with Gasteiger partial charge in [0.1, 0.15) is 6.04 Å². The van der Waals surface area contributed by atoms with Crippen LogP contribution in [0.5, 0.6) is 0 Å². The van der Waals surface area contributed by atoms with E-state index in [9.17, 15) is 9.00 Å². The summed E-state index contributed by atoms with van der Waals surface area (Å²) < 4.78 is 11.7. The summed E-state index contributed by atoms with van der Waals surface area (Å²) >= 11 is 0. The second-order valence-corrected chi connectivity index (χ2v) is 5.69. The maximum absolute atomic E-state index is 11.7. The van der Waals surface area contributed by atoms with Crippen molar-refractivity contribution in [3.8, 4) is 0 Å². The Morgan fingerprint density at radius 3 is 2.35 bits per heavy atom. The van der Waals surface area contributed by atoms with Crippen molar-refractivity contribution in [1.82, 2.24) is 0 Å². The van der Waals surface area contributed by atoms with E-state index >= 15 is 0 Å². The second-order valence-electron chi connectivity index (χ2n) is 4.19. The van der Waals surface area contributed by atoms with Crippen LogP contribution in [0.2, 0.25) is 0 Å². The molecule has 3 N–H and O–H groups in total. The highest BCUT2D eigenvalue weighted by Gasteiger charge is 2.15. The van der Waals surface area contributed by atoms with Gasteiger partial charge in [-0.15, -0.1) is 0 Å². The lowest BCUT2D eigenvalue weighted by Gasteiger charge is -2.08. The molecule has 0 fully saturated rings. The summed E-state index contributed by atoms with van der Waals surface area (Å²) in [6, 6.07) is 4.89. The molecule has 0 aromatic heterocycles. The average molecular weight is 255 g/mol. The maximum Gasteiger partial charge on any atom is 0.321 e. The molecular weight excluding hydrogens is 238 g/mol. The first kappa shape index (κ1) is 13.9. The number of carboxylic acid groups (broad SMARTS) is 1. The van der Waals surface area contributed by atoms with Crippen LogP contribution in [0.25, 0.3) is 0 Å². The van der Waals surface area contributed by atoms with Crippen molar-refractivity contribution in [3.63, 3.8) is 0 Å². The standard InChI is InChI=1S/C12H17NO3S/c1-8-3-9(2)5-10(4-8)6-17(16)7-11(13)12(14)15/h3-5,11H,6-7,13H2,1-2H3,(H,14,15). The van der Waals surface area contributed by atoms with Gasteiger partial charge >= 0.3 is 5.97 Å². The fraction of sp³-hybridized carbons (Fsp3) is 0.417. The Hall–Kier alpha value is -1.20. The Morgan fingerprint density at radius 2 is 1.88 bits per heavy atom. The minimum Gasteiger partial charge on any atom is -0.480 e. The van der Waals surface area contributed by atoms with Crippen molar-refractivity contribution >= 4 is 16.8 Å². The summed E-state index contributed by atoms with van der Waals surface area (Å²) in [5, 5.41) is 8.63. The summed E-state index contributed by atoms with van der Waals surface area (Å²) in [5.74, 6) is -0.773. The summed E-state index contributed by atoms with van der Waals surface area (Å²) in [5.41, 5.74) is 8.52. The zero-order valence-electron chi connectivity index (χ0n) is 9.97. The molecule has 0 aliphatic carbocycles. The van der Waals surface area contributed by atoms with Crippen LogP contribution < -0.4 is 5.73 Å². The molecule has 2 atom stereocenters. The number of carboxylic acids is 1. The molecule has 5 heteroatoms. The SMILES string of the molecule is Cc1cc(C)cc(CS(=O)CC(N)C(=O)O)c1. The van der Waals surface area contributed by atoms with Gasteiger partial charge in [-0.3, -0.25) is 9.00 Å². The number of carbonyl (C=O) groups is 1. The molecule has 0 aliphatic rings. The molecular formula is C12H17NO3S. The zero-order chi connectivity index (χ0) is 13.0. The van der Waals surface area contributed by atoms with Crippen LogP contribution in [0.15, 0.2) is 18.2 Å². The Morgan fingerprint density at radius 1 is 1.35 bits per heavy atom. The zero-order valence-corrected chi connectivity index (χ0v) is 10.8. The molecule has 0 bridgehead atoms. The summed E-state index contributed by atoms with van der Waals surface area (Å²) in [7, 11) is -1.24. The van der Waals surface area contributed by atoms with Gasteiger partial charge in [-0.1, -0.05) is 29.3 Å². The third-order valence-electron chi connectivity index (χ3n) is 2.29. The Kier molecular flexibility index (Phi) is 4.84. The first-order valence-electron chi connectivity index (χ1n) is 5.29. The molecule has 17 heavy (non-hydrogen) atoms. The van der Waals surface area contributed by atoms with Crippen molar-refractivity contribution in [2.45, 2.75) is 25.6 Å². The predicted molar refractivity (Wildman–Crippen MR) is 68.2 cm³/mol. The number of nitrogens with two attached hydrogens (primary N) is 1. The van der Waals surface area contributed by atoms with E-state index in [1.54, 1.807) is 0 Å². The van der Waals surface area contributed by atoms with E-state index in [0.717, 1.165) is 16.7 Å². The fourth-order valence-corrected chi connectivity index (χ4v) is 2.87. The van der Waals surface area contributed by atoms with Crippen molar-refractivity contribution in [3.05, 3.63) is 34.9 Å². The number of hydrogen-bond donors (Lipinski definition) is 2. The molecule has 0 amide bonds. The number of aryl methyl sites for hydroxylation is 2. The fourth-order valence-electron chi connectivity index (χ4n) is 1.67. The molecule has 0 heterocycles. The van der Waals surface area contributed by atoms with E-state index in [1.165, 1.54) is 0 Å². The third-order valence-corrected chi connectivity index (χ3v) is 3.68. The first-order valence-corrected chi connectivity index (χ1v) is 6.78. The largest absolute Gasteiger partial charge is 0.480 e. The summed E-state index contributed by atoms with van der Waals surface area (Å²) in [6.07, 6.45) is 0. The second kappa shape index (κ2) is 5.93. The smallest absolute Gasteiger partial charge is 0.321 e. The van der Waals surface area contributed by atoms with Gasteiger partial charge in [0.2, 0.25) is 0 Å². The summed E-state index contributed by atoms with van der Waals surface area (Å²) in [4.78, 5) is 10.5. The van der Waals surface area contributed by atoms with Gasteiger partial charge in [-0.25, -0.2) is 0 Å². The highest BCUT2D eigenvalue weighted by atomic mass is 32.2. The van der Waals surface area contributed by atoms with Crippen molar-refractivity contribution < 1.29 is 14.1 Å². The lowest BCUT2D eigenvalue weighted by atomic mass is 10.1. The monoisotopic (exact) mass is 255 g/mol. The molecule has 0 spiro atoms. The molecule has 1 aromatic carbocycles. The van der Waals surface area contributed by atoms with Crippen LogP contribution in [-0.4, -0.2) is 27.1 Å². The van der Waals surface area contributed by atoms with Crippen LogP contribution >= 0.6 is 0 Å². The van der Waals surface area contributed by atoms with Crippen molar-refractivity contribution in [2.24, 2.45) is 5.73 Å². The van der Waals surface area contributed by atoms with Gasteiger partial charge in [0.15, 0.2) is 0 Å². The molecule has 2 unspecified atom stereocenters. The highest BCUT2D eigenvalue weighted by Crippen LogP contribution is 2.11. The minimum atomic E-state index is -1.24. The van der Waals surface area contributed by atoms with E-state index in [4.69, 9.17) is 10.8 Å². The normalized spacial score (nSPS) is 14.3. The van der Waals surface area contributed by atoms with Crippen LogP contribution in [-0.2, 0) is 21.3 Å². The van der Waals surface area contributed by atoms with Crippen LogP contribution in [0, 0.1) is 13.8 Å². The van der Waals surface area contributed by atoms with Gasteiger partial charge in [-0.2, -0.15) is 0 Å². The van der Waals surface area contributed by atoms with Crippen LogP contribution in [0.1, 0.15) is 16.7 Å². The van der Waals surface area contributed by atoms with Crippen molar-refractivity contribution in [1.29, 1.82) is 0 Å². The predicted octanol–water partition coefficient (Wildman–Crippen LogP) is 0.964. The quantitative estimate of drug-likeness (QED) is 0.821. The van der Waals surface area contributed by atoms with E-state index in [-0.39, 0.29) is 5.75 Å². The average Bonchev–Trinajstić information content (AvgIpc) is 2.14. The molecule has 1 aromatic rings. The van der Waals surface area contributed by atoms with Gasteiger partial charge in [-0.05, 0) is 19.4 Å². The van der Waals surface area contributed by atoms with Gasteiger partial charge in [0.25, 0.3) is 0 Å².